The van der Waals surface area contributed by atoms with Crippen LogP contribution in [0.1, 0.15) is 40.1 Å². The molecular formula is C18H18N2O2. The molecule has 1 atom stereocenters. The van der Waals surface area contributed by atoms with E-state index in [4.69, 9.17) is 4.74 Å². The van der Waals surface area contributed by atoms with Crippen molar-refractivity contribution in [2.24, 2.45) is 0 Å². The smallest absolute Gasteiger partial charge is 0.256 e. The van der Waals surface area contributed by atoms with Gasteiger partial charge in [-0.05, 0) is 48.7 Å². The van der Waals surface area contributed by atoms with Crippen LogP contribution in [0.3, 0.4) is 0 Å². The number of rotatable bonds is 2. The Morgan fingerprint density at radius 1 is 1.36 bits per heavy atom. The first kappa shape index (κ1) is 13.3. The molecule has 0 aliphatic carbocycles. The Balaban J connectivity index is 1.75. The second kappa shape index (κ2) is 5.13. The maximum atomic E-state index is 12.7. The van der Waals surface area contributed by atoms with Gasteiger partial charge in [0.05, 0.1) is 23.9 Å². The van der Waals surface area contributed by atoms with Crippen molar-refractivity contribution < 1.29 is 9.53 Å². The van der Waals surface area contributed by atoms with Crippen molar-refractivity contribution >= 4 is 5.91 Å². The highest BCUT2D eigenvalue weighted by Crippen LogP contribution is 2.38. The summed E-state index contributed by atoms with van der Waals surface area (Å²) in [6, 6.07) is 10.1. The Kier molecular flexibility index (Phi) is 3.10. The molecule has 1 unspecified atom stereocenters. The molecule has 0 saturated heterocycles. The Bertz CT molecular complexity index is 742. The molecule has 0 radical (unpaired) electrons. The molecule has 1 aromatic heterocycles. The van der Waals surface area contributed by atoms with E-state index in [2.05, 4.69) is 17.1 Å². The summed E-state index contributed by atoms with van der Waals surface area (Å²) < 4.78 is 5.59. The van der Waals surface area contributed by atoms with Crippen LogP contribution in [0.25, 0.3) is 0 Å². The van der Waals surface area contributed by atoms with Gasteiger partial charge >= 0.3 is 0 Å². The minimum absolute atomic E-state index is 0.106. The monoisotopic (exact) mass is 294 g/mol. The zero-order chi connectivity index (χ0) is 15.1. The molecule has 112 valence electrons. The highest BCUT2D eigenvalue weighted by atomic mass is 16.5. The Morgan fingerprint density at radius 3 is 3.14 bits per heavy atom. The summed E-state index contributed by atoms with van der Waals surface area (Å²) in [6.07, 6.45) is 3.45. The van der Waals surface area contributed by atoms with Crippen LogP contribution in [0.5, 0.6) is 5.75 Å². The van der Waals surface area contributed by atoms with Crippen LogP contribution in [0.15, 0.2) is 36.5 Å². The van der Waals surface area contributed by atoms with Gasteiger partial charge < -0.3 is 9.64 Å². The van der Waals surface area contributed by atoms with Crippen LogP contribution in [0, 0.1) is 0 Å². The fourth-order valence-electron chi connectivity index (χ4n) is 3.54. The average molecular weight is 294 g/mol. The molecule has 2 aliphatic rings. The molecule has 0 spiro atoms. The quantitative estimate of drug-likeness (QED) is 0.855. The van der Waals surface area contributed by atoms with E-state index in [1.54, 1.807) is 6.20 Å². The second-order valence-corrected chi connectivity index (χ2v) is 5.76. The number of aromatic nitrogens is 1. The average Bonchev–Trinajstić information content (AvgIpc) is 2.55. The normalized spacial score (nSPS) is 19.2. The molecule has 2 aliphatic heterocycles. The summed E-state index contributed by atoms with van der Waals surface area (Å²) >= 11 is 0. The number of nitrogens with zero attached hydrogens (tertiary/aromatic N) is 2. The summed E-state index contributed by atoms with van der Waals surface area (Å²) in [6.45, 7) is 3.42. The van der Waals surface area contributed by atoms with Gasteiger partial charge in [0, 0.05) is 19.2 Å². The lowest BCUT2D eigenvalue weighted by atomic mass is 9.85. The molecule has 0 bridgehead atoms. The molecule has 1 aromatic carbocycles. The van der Waals surface area contributed by atoms with Crippen molar-refractivity contribution in [3.63, 3.8) is 0 Å². The van der Waals surface area contributed by atoms with Crippen LogP contribution in [0.2, 0.25) is 0 Å². The minimum atomic E-state index is 0.106. The first-order valence-corrected chi connectivity index (χ1v) is 7.78. The number of fused-ring (bicyclic) bond motifs is 4. The number of benzene rings is 1. The number of amides is 1. The summed E-state index contributed by atoms with van der Waals surface area (Å²) in [5.74, 6) is 1.02. The third-order valence-electron chi connectivity index (χ3n) is 4.55. The third kappa shape index (κ3) is 1.98. The van der Waals surface area contributed by atoms with Crippen LogP contribution >= 0.6 is 0 Å². The van der Waals surface area contributed by atoms with Gasteiger partial charge in [-0.25, -0.2) is 0 Å². The highest BCUT2D eigenvalue weighted by molar-refractivity contribution is 5.96. The van der Waals surface area contributed by atoms with E-state index in [0.29, 0.717) is 6.61 Å². The number of carbonyl (C=O) groups excluding carboxylic acids is 1. The van der Waals surface area contributed by atoms with Gasteiger partial charge in [-0.15, -0.1) is 0 Å². The predicted molar refractivity (Wildman–Crippen MR) is 83.0 cm³/mol. The maximum Gasteiger partial charge on any atom is 0.256 e. The lowest BCUT2D eigenvalue weighted by molar-refractivity contribution is 0.0628. The van der Waals surface area contributed by atoms with E-state index in [9.17, 15) is 4.79 Å². The molecule has 0 N–H and O–H groups in total. The standard InChI is InChI=1S/C18H18N2O2/c1-2-22-13-5-6-14-12(10-13)7-9-20-17(14)11-16-15(18(20)21)4-3-8-19-16/h3-6,8,10,17H,2,7,9,11H2,1H3. The molecular weight excluding hydrogens is 276 g/mol. The lowest BCUT2D eigenvalue weighted by Crippen LogP contribution is -2.44. The number of hydrogen-bond acceptors (Lipinski definition) is 3. The van der Waals surface area contributed by atoms with Crippen molar-refractivity contribution in [1.29, 1.82) is 0 Å². The lowest BCUT2D eigenvalue weighted by Gasteiger charge is -2.40. The second-order valence-electron chi connectivity index (χ2n) is 5.76. The molecule has 2 aromatic rings. The summed E-state index contributed by atoms with van der Waals surface area (Å²) in [7, 11) is 0. The van der Waals surface area contributed by atoms with E-state index < -0.39 is 0 Å². The zero-order valence-corrected chi connectivity index (χ0v) is 12.6. The molecule has 3 heterocycles. The van der Waals surface area contributed by atoms with E-state index in [1.165, 1.54) is 11.1 Å². The van der Waals surface area contributed by atoms with Gasteiger partial charge in [0.1, 0.15) is 5.75 Å². The topological polar surface area (TPSA) is 42.4 Å². The van der Waals surface area contributed by atoms with Crippen molar-refractivity contribution in [1.82, 2.24) is 9.88 Å². The number of hydrogen-bond donors (Lipinski definition) is 0. The van der Waals surface area contributed by atoms with Gasteiger partial charge in [-0.1, -0.05) is 6.07 Å². The predicted octanol–water partition coefficient (Wildman–Crippen LogP) is 2.78. The fourth-order valence-corrected chi connectivity index (χ4v) is 3.54. The molecule has 4 heteroatoms. The fraction of sp³-hybridized carbons (Fsp3) is 0.333. The maximum absolute atomic E-state index is 12.7. The zero-order valence-electron chi connectivity index (χ0n) is 12.6. The third-order valence-corrected chi connectivity index (χ3v) is 4.55. The molecule has 0 fully saturated rings. The van der Waals surface area contributed by atoms with Gasteiger partial charge in [-0.2, -0.15) is 0 Å². The van der Waals surface area contributed by atoms with Gasteiger partial charge in [0.2, 0.25) is 0 Å². The van der Waals surface area contributed by atoms with E-state index >= 15 is 0 Å². The van der Waals surface area contributed by atoms with Gasteiger partial charge in [-0.3, -0.25) is 9.78 Å². The van der Waals surface area contributed by atoms with Crippen molar-refractivity contribution in [2.75, 3.05) is 13.2 Å². The molecule has 4 rings (SSSR count). The summed E-state index contributed by atoms with van der Waals surface area (Å²) in [5.41, 5.74) is 4.20. The minimum Gasteiger partial charge on any atom is -0.494 e. The Morgan fingerprint density at radius 2 is 2.27 bits per heavy atom. The van der Waals surface area contributed by atoms with Crippen LogP contribution in [-0.4, -0.2) is 28.9 Å². The SMILES string of the molecule is CCOc1ccc2c(c1)CCN1C(=O)c3cccnc3CC21. The molecule has 1 amide bonds. The Hall–Kier alpha value is -2.36. The van der Waals surface area contributed by atoms with E-state index in [1.807, 2.05) is 30.0 Å². The van der Waals surface area contributed by atoms with Gasteiger partial charge in [0.25, 0.3) is 5.91 Å². The number of pyridine rings is 1. The highest BCUT2D eigenvalue weighted by Gasteiger charge is 2.37. The van der Waals surface area contributed by atoms with E-state index in [0.717, 1.165) is 36.4 Å². The number of ether oxygens (including phenoxy) is 1. The van der Waals surface area contributed by atoms with Crippen molar-refractivity contribution in [2.45, 2.75) is 25.8 Å². The van der Waals surface area contributed by atoms with Crippen molar-refractivity contribution in [3.8, 4) is 5.75 Å². The summed E-state index contributed by atoms with van der Waals surface area (Å²) in [5, 5.41) is 0. The van der Waals surface area contributed by atoms with E-state index in [-0.39, 0.29) is 11.9 Å². The van der Waals surface area contributed by atoms with Gasteiger partial charge in [0.15, 0.2) is 0 Å². The molecule has 0 saturated carbocycles. The van der Waals surface area contributed by atoms with Crippen LogP contribution in [-0.2, 0) is 12.8 Å². The van der Waals surface area contributed by atoms with Crippen LogP contribution in [0.4, 0.5) is 0 Å². The van der Waals surface area contributed by atoms with Crippen LogP contribution < -0.4 is 4.74 Å². The van der Waals surface area contributed by atoms with Crippen molar-refractivity contribution in [3.05, 3.63) is 58.9 Å². The largest absolute Gasteiger partial charge is 0.494 e. The molecule has 22 heavy (non-hydrogen) atoms. The Labute approximate surface area is 129 Å². The number of carbonyl (C=O) groups is 1. The summed E-state index contributed by atoms with van der Waals surface area (Å²) in [4.78, 5) is 19.1. The first-order valence-electron chi connectivity index (χ1n) is 7.78. The first-order chi connectivity index (χ1) is 10.8. The molecule has 4 nitrogen and oxygen atoms in total.